The fraction of sp³-hybridized carbons (Fsp3) is 0.167. The zero-order valence-corrected chi connectivity index (χ0v) is 16.3. The van der Waals surface area contributed by atoms with Gasteiger partial charge in [-0.05, 0) is 30.7 Å². The normalized spacial score (nSPS) is 11.3. The minimum absolute atomic E-state index is 0.0640. The second-order valence-electron chi connectivity index (χ2n) is 5.53. The van der Waals surface area contributed by atoms with Gasteiger partial charge in [-0.25, -0.2) is 9.78 Å². The molecule has 0 aliphatic heterocycles. The SMILES string of the molecule is Cc1cc(-c2ccc(Br)cc2)nc2sc(C(=O)O)c(NC=NCCO)c12. The van der Waals surface area contributed by atoms with Crippen LogP contribution in [0.5, 0.6) is 0 Å². The first-order valence-electron chi connectivity index (χ1n) is 7.80. The lowest BCUT2D eigenvalue weighted by molar-refractivity contribution is 0.0703. The highest BCUT2D eigenvalue weighted by Gasteiger charge is 2.20. The molecule has 0 aliphatic carbocycles. The van der Waals surface area contributed by atoms with Crippen molar-refractivity contribution in [2.45, 2.75) is 6.92 Å². The molecule has 0 amide bonds. The van der Waals surface area contributed by atoms with E-state index in [1.165, 1.54) is 6.34 Å². The number of aromatic carboxylic acids is 1. The number of rotatable bonds is 6. The summed E-state index contributed by atoms with van der Waals surface area (Å²) in [5, 5.41) is 22.0. The Morgan fingerprint density at radius 1 is 1.38 bits per heavy atom. The third-order valence-electron chi connectivity index (χ3n) is 3.72. The Hall–Kier alpha value is -2.29. The minimum Gasteiger partial charge on any atom is -0.477 e. The first-order chi connectivity index (χ1) is 12.5. The number of anilines is 1. The lowest BCUT2D eigenvalue weighted by atomic mass is 10.1. The highest BCUT2D eigenvalue weighted by molar-refractivity contribution is 9.10. The van der Waals surface area contributed by atoms with Gasteiger partial charge in [-0.2, -0.15) is 0 Å². The number of nitrogens with zero attached hydrogens (tertiary/aromatic N) is 2. The number of nitrogens with one attached hydrogen (secondary N) is 1. The molecular weight excluding hydrogens is 418 g/mol. The highest BCUT2D eigenvalue weighted by atomic mass is 79.9. The van der Waals surface area contributed by atoms with Crippen molar-refractivity contribution in [1.82, 2.24) is 4.98 Å². The van der Waals surface area contributed by atoms with Crippen LogP contribution in [-0.2, 0) is 0 Å². The van der Waals surface area contributed by atoms with Gasteiger partial charge in [0.1, 0.15) is 9.71 Å². The van der Waals surface area contributed by atoms with Crippen molar-refractivity contribution in [3.8, 4) is 11.3 Å². The third-order valence-corrected chi connectivity index (χ3v) is 5.32. The van der Waals surface area contributed by atoms with E-state index >= 15 is 0 Å². The van der Waals surface area contributed by atoms with Gasteiger partial charge in [-0.1, -0.05) is 28.1 Å². The number of aliphatic hydroxyl groups is 1. The first kappa shape index (κ1) is 18.5. The molecule has 0 bridgehead atoms. The molecule has 0 unspecified atom stereocenters. The van der Waals surface area contributed by atoms with Crippen LogP contribution in [0.3, 0.4) is 0 Å². The van der Waals surface area contributed by atoms with E-state index in [0.717, 1.165) is 38.0 Å². The Morgan fingerprint density at radius 2 is 2.12 bits per heavy atom. The summed E-state index contributed by atoms with van der Waals surface area (Å²) < 4.78 is 0.983. The van der Waals surface area contributed by atoms with Gasteiger partial charge in [0.15, 0.2) is 0 Å². The number of fused-ring (bicyclic) bond motifs is 1. The standard InChI is InChI=1S/C18H16BrN3O3S/c1-10-8-13(11-2-4-12(19)5-3-11)22-17-14(10)15(16(26-17)18(24)25)21-9-20-6-7-23/h2-5,8-9,23H,6-7H2,1H3,(H,20,21)(H,24,25). The monoisotopic (exact) mass is 433 g/mol. The molecule has 26 heavy (non-hydrogen) atoms. The smallest absolute Gasteiger partial charge is 0.348 e. The molecule has 3 aromatic rings. The number of hydrogen-bond acceptors (Lipinski definition) is 5. The summed E-state index contributed by atoms with van der Waals surface area (Å²) in [6.45, 7) is 2.12. The summed E-state index contributed by atoms with van der Waals surface area (Å²) in [5.74, 6) is -1.02. The van der Waals surface area contributed by atoms with Gasteiger partial charge in [0.2, 0.25) is 0 Å². The summed E-state index contributed by atoms with van der Waals surface area (Å²) in [4.78, 5) is 21.1. The molecule has 6 nitrogen and oxygen atoms in total. The number of benzene rings is 1. The topological polar surface area (TPSA) is 94.8 Å². The summed E-state index contributed by atoms with van der Waals surface area (Å²) in [6, 6.07) is 9.75. The van der Waals surface area contributed by atoms with Crippen molar-refractivity contribution in [2.75, 3.05) is 18.5 Å². The number of pyridine rings is 1. The molecule has 0 fully saturated rings. The Kier molecular flexibility index (Phi) is 5.65. The van der Waals surface area contributed by atoms with E-state index in [1.54, 1.807) is 0 Å². The number of carboxylic acids is 1. The van der Waals surface area contributed by atoms with Crippen LogP contribution in [-0.4, -0.2) is 40.7 Å². The van der Waals surface area contributed by atoms with Crippen LogP contribution in [0, 0.1) is 6.92 Å². The van der Waals surface area contributed by atoms with Gasteiger partial charge in [0.25, 0.3) is 0 Å². The predicted molar refractivity (Wildman–Crippen MR) is 109 cm³/mol. The van der Waals surface area contributed by atoms with Gasteiger partial charge >= 0.3 is 5.97 Å². The molecule has 1 aromatic carbocycles. The lowest BCUT2D eigenvalue weighted by Gasteiger charge is -2.06. The Balaban J connectivity index is 2.11. The van der Waals surface area contributed by atoms with Gasteiger partial charge in [0, 0.05) is 15.4 Å². The van der Waals surface area contributed by atoms with Crippen molar-refractivity contribution >= 4 is 55.5 Å². The molecule has 3 rings (SSSR count). The number of aromatic nitrogens is 1. The first-order valence-corrected chi connectivity index (χ1v) is 9.41. The van der Waals surface area contributed by atoms with E-state index in [9.17, 15) is 9.90 Å². The molecule has 0 radical (unpaired) electrons. The second kappa shape index (κ2) is 7.94. The van der Waals surface area contributed by atoms with Crippen molar-refractivity contribution in [1.29, 1.82) is 0 Å². The van der Waals surface area contributed by atoms with E-state index < -0.39 is 5.97 Å². The summed E-state index contributed by atoms with van der Waals surface area (Å²) in [7, 11) is 0. The fourth-order valence-electron chi connectivity index (χ4n) is 2.57. The number of aliphatic imine (C=N–C) groups is 1. The lowest BCUT2D eigenvalue weighted by Crippen LogP contribution is -2.03. The maximum atomic E-state index is 11.6. The summed E-state index contributed by atoms with van der Waals surface area (Å²) in [6.07, 6.45) is 1.41. The maximum Gasteiger partial charge on any atom is 0.348 e. The zero-order chi connectivity index (χ0) is 18.7. The number of halogens is 1. The van der Waals surface area contributed by atoms with Gasteiger partial charge in [-0.3, -0.25) is 4.99 Å². The third kappa shape index (κ3) is 3.77. The molecule has 0 saturated carbocycles. The number of aliphatic hydroxyl groups excluding tert-OH is 1. The van der Waals surface area contributed by atoms with Crippen molar-refractivity contribution in [2.24, 2.45) is 4.99 Å². The van der Waals surface area contributed by atoms with Gasteiger partial charge in [0.05, 0.1) is 30.9 Å². The molecule has 2 aromatic heterocycles. The van der Waals surface area contributed by atoms with Crippen LogP contribution in [0.15, 0.2) is 39.8 Å². The molecule has 134 valence electrons. The Morgan fingerprint density at radius 3 is 2.77 bits per heavy atom. The molecule has 3 N–H and O–H groups in total. The van der Waals surface area contributed by atoms with E-state index in [1.807, 2.05) is 37.3 Å². The average molecular weight is 434 g/mol. The van der Waals surface area contributed by atoms with Crippen molar-refractivity contribution in [3.05, 3.63) is 45.2 Å². The van der Waals surface area contributed by atoms with Crippen LogP contribution in [0.1, 0.15) is 15.2 Å². The molecule has 0 atom stereocenters. The van der Waals surface area contributed by atoms with E-state index in [4.69, 9.17) is 5.11 Å². The predicted octanol–water partition coefficient (Wildman–Crippen LogP) is 4.16. The number of carboxylic acid groups (broad SMARTS) is 1. The van der Waals surface area contributed by atoms with E-state index in [-0.39, 0.29) is 18.0 Å². The Bertz CT molecular complexity index is 984. The van der Waals surface area contributed by atoms with E-state index in [0.29, 0.717) is 10.5 Å². The largest absolute Gasteiger partial charge is 0.477 e. The number of aryl methyl sites for hydroxylation is 1. The molecule has 0 spiro atoms. The number of thiophene rings is 1. The molecule has 0 aliphatic rings. The van der Waals surface area contributed by atoms with Crippen molar-refractivity contribution in [3.63, 3.8) is 0 Å². The summed E-state index contributed by atoms with van der Waals surface area (Å²) >= 11 is 4.54. The number of hydrogen-bond donors (Lipinski definition) is 3. The Labute approximate surface area is 162 Å². The molecule has 0 saturated heterocycles. The van der Waals surface area contributed by atoms with Crippen LogP contribution >= 0.6 is 27.3 Å². The van der Waals surface area contributed by atoms with Crippen molar-refractivity contribution < 1.29 is 15.0 Å². The second-order valence-corrected chi connectivity index (χ2v) is 7.44. The van der Waals surface area contributed by atoms with Crippen LogP contribution in [0.25, 0.3) is 21.5 Å². The van der Waals surface area contributed by atoms with Gasteiger partial charge < -0.3 is 15.5 Å². The average Bonchev–Trinajstić information content (AvgIpc) is 2.99. The highest BCUT2D eigenvalue weighted by Crippen LogP contribution is 2.38. The summed E-state index contributed by atoms with van der Waals surface area (Å²) in [5.41, 5.74) is 3.16. The molecule has 2 heterocycles. The van der Waals surface area contributed by atoms with Crippen LogP contribution < -0.4 is 5.32 Å². The minimum atomic E-state index is -1.02. The molecular formula is C18H16BrN3O3S. The maximum absolute atomic E-state index is 11.6. The number of carbonyl (C=O) groups is 1. The zero-order valence-electron chi connectivity index (χ0n) is 13.9. The quantitative estimate of drug-likeness (QED) is 0.400. The fourth-order valence-corrected chi connectivity index (χ4v) is 3.89. The van der Waals surface area contributed by atoms with Crippen LogP contribution in [0.4, 0.5) is 5.69 Å². The molecule has 8 heteroatoms. The van der Waals surface area contributed by atoms with Crippen LogP contribution in [0.2, 0.25) is 0 Å². The van der Waals surface area contributed by atoms with Gasteiger partial charge in [-0.15, -0.1) is 11.3 Å². The van der Waals surface area contributed by atoms with E-state index in [2.05, 4.69) is 31.2 Å².